The third kappa shape index (κ3) is 38.1. The Kier molecular flexibility index (Phi) is 15.5. The van der Waals surface area contributed by atoms with Crippen LogP contribution < -0.4 is 5.73 Å². The van der Waals surface area contributed by atoms with Crippen LogP contribution in [0.3, 0.4) is 0 Å². The van der Waals surface area contributed by atoms with Crippen LogP contribution in [-0.2, 0) is 14.2 Å². The van der Waals surface area contributed by atoms with Crippen LogP contribution in [0.1, 0.15) is 26.7 Å². The quantitative estimate of drug-likeness (QED) is 0.343. The third-order valence-corrected chi connectivity index (χ3v) is 1.40. The molecule has 6 N–H and O–H groups in total. The summed E-state index contributed by atoms with van der Waals surface area (Å²) in [4.78, 5) is 33.8. The Morgan fingerprint density at radius 3 is 1.25 bits per heavy atom. The number of unbranched alkanes of at least 4 members (excludes halogenated alkanes) is 1. The maximum atomic E-state index is 9.57. The normalized spacial score (nSPS) is 9.06. The van der Waals surface area contributed by atoms with E-state index in [9.17, 15) is 4.57 Å². The maximum absolute atomic E-state index is 9.57. The molecule has 0 rings (SSSR count). The number of aliphatic carboxylic acids is 2. The van der Waals surface area contributed by atoms with Crippen molar-refractivity contribution < 1.29 is 34.2 Å². The number of carboxylic acids is 2. The third-order valence-electron chi connectivity index (χ3n) is 0.921. The second kappa shape index (κ2) is 12.1. The van der Waals surface area contributed by atoms with Gasteiger partial charge in [0.1, 0.15) is 0 Å². The minimum absolute atomic E-state index is 0.562. The Labute approximate surface area is 93.2 Å². The van der Waals surface area contributed by atoms with E-state index in [1.54, 1.807) is 0 Å². The molecule has 0 aromatic carbocycles. The fourth-order valence-corrected chi connectivity index (χ4v) is 0. The van der Waals surface area contributed by atoms with E-state index in [1.807, 2.05) is 0 Å². The van der Waals surface area contributed by atoms with Crippen LogP contribution in [0, 0.1) is 0 Å². The summed E-state index contributed by atoms with van der Waals surface area (Å²) < 4.78 is 9.57. The second-order valence-electron chi connectivity index (χ2n) is 2.46. The molecule has 0 amide bonds. The minimum Gasteiger partial charge on any atom is -0.473 e. The molecule has 0 aromatic heterocycles. The average Bonchev–Trinajstić information content (AvgIpc) is 2.18. The largest absolute Gasteiger partial charge is 0.473 e. The van der Waals surface area contributed by atoms with Crippen LogP contribution in [0.2, 0.25) is 0 Å². The minimum atomic E-state index is -3.87. The molecule has 0 aliphatic heterocycles. The molecule has 0 saturated heterocycles. The summed E-state index contributed by atoms with van der Waals surface area (Å²) in [7, 11) is -3.87. The van der Waals surface area contributed by atoms with Crippen molar-refractivity contribution in [2.45, 2.75) is 26.7 Å². The molecule has 0 heterocycles. The number of hydrogen-bond acceptors (Lipinski definition) is 4. The van der Waals surface area contributed by atoms with Crippen LogP contribution in [0.25, 0.3) is 0 Å². The topological polar surface area (TPSA) is 158 Å². The lowest BCUT2D eigenvalue weighted by molar-refractivity contribution is -0.159. The van der Waals surface area contributed by atoms with Gasteiger partial charge in [-0.05, 0) is 0 Å². The van der Waals surface area contributed by atoms with Gasteiger partial charge < -0.3 is 25.7 Å². The van der Waals surface area contributed by atoms with Crippen molar-refractivity contribution in [1.29, 1.82) is 0 Å². The van der Waals surface area contributed by atoms with Crippen molar-refractivity contribution in [3.63, 3.8) is 0 Å². The summed E-state index contributed by atoms with van der Waals surface area (Å²) in [6.45, 7) is 4.36. The zero-order valence-corrected chi connectivity index (χ0v) is 10.1. The van der Waals surface area contributed by atoms with Gasteiger partial charge in [-0.15, -0.1) is 0 Å². The molecule has 0 aliphatic rings. The SMILES string of the molecule is CCCC.NCP(=O)(O)O.O=C(O)C(=O)O. The van der Waals surface area contributed by atoms with E-state index in [4.69, 9.17) is 29.6 Å². The molecule has 0 radical (unpaired) electrons. The van der Waals surface area contributed by atoms with Crippen LogP contribution in [0.4, 0.5) is 0 Å². The molecule has 0 atom stereocenters. The first kappa shape index (κ1) is 20.5. The zero-order chi connectivity index (χ0) is 13.8. The molecule has 0 bridgehead atoms. The molecule has 0 unspecified atom stereocenters. The summed E-state index contributed by atoms with van der Waals surface area (Å²) in [5.74, 6) is -3.65. The van der Waals surface area contributed by atoms with Crippen molar-refractivity contribution in [2.24, 2.45) is 5.73 Å². The lowest BCUT2D eigenvalue weighted by atomic mass is 10.4. The summed E-state index contributed by atoms with van der Waals surface area (Å²) in [6, 6.07) is 0. The summed E-state index contributed by atoms with van der Waals surface area (Å²) in [5.41, 5.74) is 4.54. The van der Waals surface area contributed by atoms with Gasteiger partial charge in [-0.1, -0.05) is 26.7 Å². The summed E-state index contributed by atoms with van der Waals surface area (Å²) in [5, 5.41) is 14.8. The highest BCUT2D eigenvalue weighted by Gasteiger charge is 2.05. The van der Waals surface area contributed by atoms with E-state index < -0.39 is 25.8 Å². The first-order valence-electron chi connectivity index (χ1n) is 4.33. The monoisotopic (exact) mass is 259 g/mol. The van der Waals surface area contributed by atoms with Crippen LogP contribution in [0.5, 0.6) is 0 Å². The summed E-state index contributed by atoms with van der Waals surface area (Å²) >= 11 is 0. The predicted molar refractivity (Wildman–Crippen MR) is 57.0 cm³/mol. The number of carbonyl (C=O) groups is 2. The lowest BCUT2D eigenvalue weighted by Crippen LogP contribution is -2.09. The molecule has 0 aromatic rings. The molecule has 9 heteroatoms. The van der Waals surface area contributed by atoms with Crippen molar-refractivity contribution >= 4 is 19.5 Å². The fraction of sp³-hybridized carbons (Fsp3) is 0.714. The molecule has 98 valence electrons. The smallest absolute Gasteiger partial charge is 0.414 e. The molecular weight excluding hydrogens is 241 g/mol. The highest BCUT2D eigenvalue weighted by Crippen LogP contribution is 2.30. The van der Waals surface area contributed by atoms with Gasteiger partial charge in [-0.2, -0.15) is 0 Å². The average molecular weight is 259 g/mol. The van der Waals surface area contributed by atoms with Gasteiger partial charge in [0.2, 0.25) is 0 Å². The van der Waals surface area contributed by atoms with Crippen molar-refractivity contribution in [3.05, 3.63) is 0 Å². The van der Waals surface area contributed by atoms with Gasteiger partial charge in [0.05, 0.1) is 6.29 Å². The van der Waals surface area contributed by atoms with E-state index in [-0.39, 0.29) is 0 Å². The van der Waals surface area contributed by atoms with Gasteiger partial charge in [0.25, 0.3) is 0 Å². The second-order valence-corrected chi connectivity index (χ2v) is 4.15. The van der Waals surface area contributed by atoms with Gasteiger partial charge in [-0.3, -0.25) is 4.57 Å². The van der Waals surface area contributed by atoms with Gasteiger partial charge in [-0.25, -0.2) is 9.59 Å². The molecule has 16 heavy (non-hydrogen) atoms. The fourth-order valence-electron chi connectivity index (χ4n) is 0. The highest BCUT2D eigenvalue weighted by atomic mass is 31.2. The molecule has 0 saturated carbocycles. The molecule has 8 nitrogen and oxygen atoms in total. The Hall–Kier alpha value is -0.950. The predicted octanol–water partition coefficient (Wildman–Crippen LogP) is 0.0423. The van der Waals surface area contributed by atoms with Crippen molar-refractivity contribution in [3.8, 4) is 0 Å². The van der Waals surface area contributed by atoms with Gasteiger partial charge >= 0.3 is 19.5 Å². The van der Waals surface area contributed by atoms with E-state index in [0.29, 0.717) is 0 Å². The molecule has 0 spiro atoms. The van der Waals surface area contributed by atoms with E-state index >= 15 is 0 Å². The summed E-state index contributed by atoms with van der Waals surface area (Å²) in [6.07, 6.45) is 2.08. The molecule has 0 fully saturated rings. The number of nitrogens with two attached hydrogens (primary N) is 1. The van der Waals surface area contributed by atoms with Crippen molar-refractivity contribution in [2.75, 3.05) is 6.29 Å². The first-order chi connectivity index (χ1) is 7.12. The molecule has 0 aliphatic carbocycles. The van der Waals surface area contributed by atoms with Crippen LogP contribution >= 0.6 is 7.60 Å². The zero-order valence-electron chi connectivity index (χ0n) is 9.16. The maximum Gasteiger partial charge on any atom is 0.414 e. The van der Waals surface area contributed by atoms with Crippen LogP contribution in [-0.4, -0.2) is 38.2 Å². The number of hydrogen-bond donors (Lipinski definition) is 5. The highest BCUT2D eigenvalue weighted by molar-refractivity contribution is 7.51. The Bertz CT molecular complexity index is 223. The Morgan fingerprint density at radius 2 is 1.25 bits per heavy atom. The van der Waals surface area contributed by atoms with E-state index in [2.05, 4.69) is 19.6 Å². The van der Waals surface area contributed by atoms with Crippen molar-refractivity contribution in [1.82, 2.24) is 0 Å². The Morgan fingerprint density at radius 1 is 1.06 bits per heavy atom. The van der Waals surface area contributed by atoms with E-state index in [1.165, 1.54) is 12.8 Å². The van der Waals surface area contributed by atoms with Crippen LogP contribution in [0.15, 0.2) is 0 Å². The first-order valence-corrected chi connectivity index (χ1v) is 6.12. The lowest BCUT2D eigenvalue weighted by Gasteiger charge is -1.92. The van der Waals surface area contributed by atoms with Gasteiger partial charge in [0, 0.05) is 0 Å². The standard InChI is InChI=1S/C4H10.C2H2O4.CH6NO3P/c1-3-4-2;3-1(4)2(5)6;2-1-6(3,4)5/h3-4H2,1-2H3;(H,3,4)(H,5,6);1-2H2,(H2,3,4,5). The van der Waals surface area contributed by atoms with Gasteiger partial charge in [0.15, 0.2) is 0 Å². The Balaban J connectivity index is -0.000000162. The number of rotatable bonds is 2. The molecular formula is C7H18NO7P. The van der Waals surface area contributed by atoms with E-state index in [0.717, 1.165) is 0 Å². The number of carboxylic acid groups (broad SMARTS) is 2.